The van der Waals surface area contributed by atoms with Crippen molar-refractivity contribution in [3.8, 4) is 0 Å². The van der Waals surface area contributed by atoms with Gasteiger partial charge in [-0.2, -0.15) is 0 Å². The largest absolute Gasteiger partial charge is 0.480 e. The molecule has 0 aromatic heterocycles. The van der Waals surface area contributed by atoms with Crippen molar-refractivity contribution in [1.82, 2.24) is 10.2 Å². The van der Waals surface area contributed by atoms with Gasteiger partial charge in [0.15, 0.2) is 0 Å². The van der Waals surface area contributed by atoms with Crippen LogP contribution in [0.4, 0.5) is 0 Å². The molecule has 1 unspecified atom stereocenters. The molecule has 1 aliphatic heterocycles. The van der Waals surface area contributed by atoms with Crippen LogP contribution < -0.4 is 5.32 Å². The quantitative estimate of drug-likeness (QED) is 0.833. The number of carbonyl (C=O) groups excluding carboxylic acids is 2. The highest BCUT2D eigenvalue weighted by molar-refractivity contribution is 5.98. The molecule has 0 spiro atoms. The Kier molecular flexibility index (Phi) is 5.95. The Labute approximate surface area is 141 Å². The number of nitrogens with one attached hydrogen (secondary N) is 1. The lowest BCUT2D eigenvalue weighted by molar-refractivity contribution is -0.149. The number of rotatable bonds is 6. The summed E-state index contributed by atoms with van der Waals surface area (Å²) in [5.41, 5.74) is 0.482. The maximum Gasteiger partial charge on any atom is 0.326 e. The van der Waals surface area contributed by atoms with Crippen LogP contribution >= 0.6 is 0 Å². The van der Waals surface area contributed by atoms with Gasteiger partial charge in [-0.05, 0) is 37.3 Å². The van der Waals surface area contributed by atoms with E-state index >= 15 is 0 Å². The van der Waals surface area contributed by atoms with Gasteiger partial charge in [-0.15, -0.1) is 0 Å². The number of aliphatic carboxylic acids is 1. The lowest BCUT2D eigenvalue weighted by Crippen LogP contribution is -2.52. The second kappa shape index (κ2) is 7.95. The lowest BCUT2D eigenvalue weighted by Gasteiger charge is -2.28. The van der Waals surface area contributed by atoms with E-state index in [0.717, 1.165) is 0 Å². The van der Waals surface area contributed by atoms with Gasteiger partial charge in [0.25, 0.3) is 5.91 Å². The predicted octanol–water partition coefficient (Wildman–Crippen LogP) is 1.91. The molecule has 6 heteroatoms. The Balaban J connectivity index is 2.14. The van der Waals surface area contributed by atoms with Crippen LogP contribution in [0.5, 0.6) is 0 Å². The van der Waals surface area contributed by atoms with Crippen molar-refractivity contribution < 1.29 is 19.5 Å². The minimum absolute atomic E-state index is 0.195. The van der Waals surface area contributed by atoms with E-state index in [-0.39, 0.29) is 17.7 Å². The van der Waals surface area contributed by atoms with Crippen molar-refractivity contribution >= 4 is 17.8 Å². The fourth-order valence-corrected chi connectivity index (χ4v) is 3.01. The Morgan fingerprint density at radius 1 is 1.25 bits per heavy atom. The first kappa shape index (κ1) is 18.0. The molecule has 1 heterocycles. The predicted molar refractivity (Wildman–Crippen MR) is 89.5 cm³/mol. The highest BCUT2D eigenvalue weighted by Crippen LogP contribution is 2.20. The molecule has 0 radical (unpaired) electrons. The Morgan fingerprint density at radius 2 is 1.92 bits per heavy atom. The van der Waals surface area contributed by atoms with Crippen molar-refractivity contribution in [3.05, 3.63) is 35.9 Å². The number of benzene rings is 1. The minimum Gasteiger partial charge on any atom is -0.480 e. The number of carboxylic acid groups (broad SMARTS) is 1. The summed E-state index contributed by atoms with van der Waals surface area (Å²) in [6, 6.07) is 7.20. The van der Waals surface area contributed by atoms with Gasteiger partial charge in [0.05, 0.1) is 0 Å². The van der Waals surface area contributed by atoms with Gasteiger partial charge in [-0.1, -0.05) is 32.0 Å². The molecule has 6 nitrogen and oxygen atoms in total. The number of hydrogen-bond acceptors (Lipinski definition) is 3. The van der Waals surface area contributed by atoms with Gasteiger partial charge >= 0.3 is 5.97 Å². The zero-order valence-electron chi connectivity index (χ0n) is 14.1. The van der Waals surface area contributed by atoms with E-state index in [9.17, 15) is 19.5 Å². The first-order chi connectivity index (χ1) is 11.4. The van der Waals surface area contributed by atoms with Crippen LogP contribution in [-0.4, -0.2) is 46.4 Å². The Bertz CT molecular complexity index is 600. The summed E-state index contributed by atoms with van der Waals surface area (Å²) in [7, 11) is 0. The maximum atomic E-state index is 12.8. The van der Waals surface area contributed by atoms with Gasteiger partial charge in [-0.25, -0.2) is 4.79 Å². The fourth-order valence-electron chi connectivity index (χ4n) is 3.01. The number of hydrogen-bond donors (Lipinski definition) is 2. The molecule has 24 heavy (non-hydrogen) atoms. The summed E-state index contributed by atoms with van der Waals surface area (Å²) < 4.78 is 0. The van der Waals surface area contributed by atoms with Crippen LogP contribution in [0.2, 0.25) is 0 Å². The van der Waals surface area contributed by atoms with Gasteiger partial charge < -0.3 is 15.3 Å². The van der Waals surface area contributed by atoms with Crippen LogP contribution in [0.1, 0.15) is 43.5 Å². The number of amides is 2. The molecule has 0 saturated carbocycles. The molecule has 2 N–H and O–H groups in total. The molecule has 1 aliphatic rings. The first-order valence-electron chi connectivity index (χ1n) is 8.29. The summed E-state index contributed by atoms with van der Waals surface area (Å²) in [5, 5.41) is 12.1. The summed E-state index contributed by atoms with van der Waals surface area (Å²) >= 11 is 0. The van der Waals surface area contributed by atoms with Crippen molar-refractivity contribution in [3.63, 3.8) is 0 Å². The Hall–Kier alpha value is -2.37. The highest BCUT2D eigenvalue weighted by atomic mass is 16.4. The first-order valence-corrected chi connectivity index (χ1v) is 8.29. The van der Waals surface area contributed by atoms with E-state index < -0.39 is 18.1 Å². The molecule has 1 fully saturated rings. The molecule has 1 saturated heterocycles. The summed E-state index contributed by atoms with van der Waals surface area (Å²) in [4.78, 5) is 37.9. The number of likely N-dealkylation sites (tertiary alicyclic amines) is 1. The van der Waals surface area contributed by atoms with Crippen molar-refractivity contribution in [2.45, 2.75) is 45.2 Å². The smallest absolute Gasteiger partial charge is 0.326 e. The molecule has 0 aliphatic carbocycles. The SMILES string of the molecule is CC(C)CC(NC(=O)c1ccccc1)C(=O)N1CCC[C@H]1C(=O)O. The normalized spacial score (nSPS) is 18.5. The minimum atomic E-state index is -0.987. The summed E-state index contributed by atoms with van der Waals surface area (Å²) in [6.45, 7) is 4.35. The third kappa shape index (κ3) is 4.34. The van der Waals surface area contributed by atoms with Crippen LogP contribution in [-0.2, 0) is 9.59 Å². The second-order valence-electron chi connectivity index (χ2n) is 6.55. The topological polar surface area (TPSA) is 86.7 Å². The third-order valence-electron chi connectivity index (χ3n) is 4.17. The van der Waals surface area contributed by atoms with E-state index in [1.807, 2.05) is 19.9 Å². The second-order valence-corrected chi connectivity index (χ2v) is 6.55. The summed E-state index contributed by atoms with van der Waals surface area (Å²) in [5.74, 6) is -1.42. The fraction of sp³-hybridized carbons (Fsp3) is 0.500. The Morgan fingerprint density at radius 3 is 2.50 bits per heavy atom. The van der Waals surface area contributed by atoms with Gasteiger partial charge in [0, 0.05) is 12.1 Å². The van der Waals surface area contributed by atoms with E-state index in [2.05, 4.69) is 5.32 Å². The molecule has 130 valence electrons. The molecule has 0 bridgehead atoms. The average molecular weight is 332 g/mol. The lowest BCUT2D eigenvalue weighted by atomic mass is 10.0. The van der Waals surface area contributed by atoms with Crippen LogP contribution in [0.15, 0.2) is 30.3 Å². The molecule has 2 atom stereocenters. The molecule has 2 rings (SSSR count). The van der Waals surface area contributed by atoms with Crippen LogP contribution in [0.25, 0.3) is 0 Å². The van der Waals surface area contributed by atoms with E-state index in [4.69, 9.17) is 0 Å². The monoisotopic (exact) mass is 332 g/mol. The molecular formula is C18H24N2O4. The summed E-state index contributed by atoms with van der Waals surface area (Å²) in [6.07, 6.45) is 1.60. The van der Waals surface area contributed by atoms with Gasteiger partial charge in [-0.3, -0.25) is 9.59 Å². The zero-order chi connectivity index (χ0) is 17.7. The maximum absolute atomic E-state index is 12.8. The van der Waals surface area contributed by atoms with E-state index in [0.29, 0.717) is 31.4 Å². The highest BCUT2D eigenvalue weighted by Gasteiger charge is 2.37. The van der Waals surface area contributed by atoms with Crippen LogP contribution in [0.3, 0.4) is 0 Å². The van der Waals surface area contributed by atoms with E-state index in [1.165, 1.54) is 4.90 Å². The number of nitrogens with zero attached hydrogens (tertiary/aromatic N) is 1. The third-order valence-corrected chi connectivity index (χ3v) is 4.17. The standard InChI is InChI=1S/C18H24N2O4/c1-12(2)11-14(19-16(21)13-7-4-3-5-8-13)17(22)20-10-6-9-15(20)18(23)24/h3-5,7-8,12,14-15H,6,9-11H2,1-2H3,(H,19,21)(H,23,24)/t14?,15-/m0/s1. The molecule has 2 amide bonds. The number of carboxylic acids is 1. The van der Waals surface area contributed by atoms with E-state index in [1.54, 1.807) is 24.3 Å². The zero-order valence-corrected chi connectivity index (χ0v) is 14.1. The van der Waals surface area contributed by atoms with Gasteiger partial charge in [0.1, 0.15) is 12.1 Å². The molecular weight excluding hydrogens is 308 g/mol. The van der Waals surface area contributed by atoms with Crippen LogP contribution in [0, 0.1) is 5.92 Å². The average Bonchev–Trinajstić information content (AvgIpc) is 3.03. The molecule has 1 aromatic rings. The van der Waals surface area contributed by atoms with Crippen molar-refractivity contribution in [2.75, 3.05) is 6.54 Å². The van der Waals surface area contributed by atoms with Crippen molar-refractivity contribution in [2.24, 2.45) is 5.92 Å². The van der Waals surface area contributed by atoms with Crippen molar-refractivity contribution in [1.29, 1.82) is 0 Å². The van der Waals surface area contributed by atoms with Gasteiger partial charge in [0.2, 0.25) is 5.91 Å². The molecule has 1 aromatic carbocycles. The number of carbonyl (C=O) groups is 3.